The van der Waals surface area contributed by atoms with Crippen LogP contribution in [0.15, 0.2) is 53.4 Å². The Hall–Kier alpha value is -2.19. The van der Waals surface area contributed by atoms with Gasteiger partial charge in [0.1, 0.15) is 5.75 Å². The number of thioether (sulfide) groups is 1. The summed E-state index contributed by atoms with van der Waals surface area (Å²) in [5.74, 6) is 0.927. The molecule has 0 aliphatic carbocycles. The lowest BCUT2D eigenvalue weighted by Gasteiger charge is -2.21. The van der Waals surface area contributed by atoms with Gasteiger partial charge in [-0.3, -0.25) is 9.10 Å². The summed E-state index contributed by atoms with van der Waals surface area (Å²) < 4.78 is 31.6. The van der Waals surface area contributed by atoms with Crippen molar-refractivity contribution in [1.82, 2.24) is 5.32 Å². The average Bonchev–Trinajstić information content (AvgIpc) is 2.85. The molecule has 8 heteroatoms. The Balaban J connectivity index is 1.63. The van der Waals surface area contributed by atoms with E-state index in [4.69, 9.17) is 4.74 Å². The monoisotopic (exact) mass is 420 g/mol. The zero-order chi connectivity index (χ0) is 20.1. The predicted molar refractivity (Wildman–Crippen MR) is 113 cm³/mol. The van der Waals surface area contributed by atoms with Gasteiger partial charge in [0.25, 0.3) is 5.91 Å². The molecule has 0 spiro atoms. The second-order valence-corrected chi connectivity index (χ2v) is 9.73. The van der Waals surface area contributed by atoms with E-state index in [9.17, 15) is 13.2 Å². The highest BCUT2D eigenvalue weighted by Crippen LogP contribution is 2.35. The van der Waals surface area contributed by atoms with Gasteiger partial charge in [-0.05, 0) is 36.8 Å². The summed E-state index contributed by atoms with van der Waals surface area (Å²) in [6.07, 6.45) is 0.730. The molecule has 2 aromatic carbocycles. The van der Waals surface area contributed by atoms with Crippen molar-refractivity contribution >= 4 is 33.4 Å². The molecule has 0 saturated carbocycles. The number of ether oxygens (including phenoxy) is 1. The van der Waals surface area contributed by atoms with Crippen LogP contribution in [0.5, 0.6) is 5.75 Å². The van der Waals surface area contributed by atoms with Gasteiger partial charge in [-0.1, -0.05) is 24.3 Å². The predicted octanol–water partition coefficient (Wildman–Crippen LogP) is 2.82. The SMILES string of the molecule is Cc1ccc2c(c1)N(S(C)(=O)=O)CC[C@@H](C(=O)NCCSc1ccccc1)O2. The molecular formula is C20H24N2O4S2. The molecule has 0 fully saturated rings. The number of nitrogens with zero attached hydrogens (tertiary/aromatic N) is 1. The van der Waals surface area contributed by atoms with Crippen molar-refractivity contribution in [1.29, 1.82) is 0 Å². The second kappa shape index (κ2) is 8.87. The Morgan fingerprint density at radius 1 is 1.25 bits per heavy atom. The summed E-state index contributed by atoms with van der Waals surface area (Å²) in [5.41, 5.74) is 1.41. The Morgan fingerprint density at radius 2 is 2.00 bits per heavy atom. The van der Waals surface area contributed by atoms with Crippen LogP contribution in [0.25, 0.3) is 0 Å². The first-order valence-electron chi connectivity index (χ1n) is 9.05. The fourth-order valence-corrected chi connectivity index (χ4v) is 4.72. The molecule has 1 aliphatic rings. The molecule has 150 valence electrons. The molecule has 0 unspecified atom stereocenters. The first-order chi connectivity index (χ1) is 13.3. The molecule has 0 radical (unpaired) electrons. The van der Waals surface area contributed by atoms with Crippen LogP contribution in [0, 0.1) is 6.92 Å². The third kappa shape index (κ3) is 5.20. The quantitative estimate of drug-likeness (QED) is 0.575. The van der Waals surface area contributed by atoms with E-state index >= 15 is 0 Å². The standard InChI is InChI=1S/C20H24N2O4S2/c1-15-8-9-18-17(14-15)22(28(2,24)25)12-10-19(26-18)20(23)21-11-13-27-16-6-4-3-5-7-16/h3-9,14,19H,10-13H2,1-2H3,(H,21,23)/t19-/m0/s1. The fraction of sp³-hybridized carbons (Fsp3) is 0.350. The Morgan fingerprint density at radius 3 is 2.71 bits per heavy atom. The van der Waals surface area contributed by atoms with Crippen molar-refractivity contribution < 1.29 is 17.9 Å². The minimum atomic E-state index is -3.46. The normalized spacial score (nSPS) is 16.6. The Labute approximate surface area is 170 Å². The number of anilines is 1. The van der Waals surface area contributed by atoms with Gasteiger partial charge < -0.3 is 10.1 Å². The lowest BCUT2D eigenvalue weighted by Crippen LogP contribution is -2.40. The van der Waals surface area contributed by atoms with Gasteiger partial charge in [-0.25, -0.2) is 8.42 Å². The number of sulfonamides is 1. The molecule has 1 N–H and O–H groups in total. The van der Waals surface area contributed by atoms with Gasteiger partial charge in [0.15, 0.2) is 6.10 Å². The maximum Gasteiger partial charge on any atom is 0.261 e. The lowest BCUT2D eigenvalue weighted by atomic mass is 10.2. The van der Waals surface area contributed by atoms with Crippen molar-refractivity contribution in [2.45, 2.75) is 24.3 Å². The molecule has 1 atom stereocenters. The molecule has 1 amide bonds. The van der Waals surface area contributed by atoms with E-state index in [1.165, 1.54) is 10.6 Å². The molecule has 6 nitrogen and oxygen atoms in total. The number of carbonyl (C=O) groups excluding carboxylic acids is 1. The minimum absolute atomic E-state index is 0.201. The van der Waals surface area contributed by atoms with E-state index in [0.717, 1.165) is 16.2 Å². The number of hydrogen-bond acceptors (Lipinski definition) is 5. The summed E-state index contributed by atoms with van der Waals surface area (Å²) in [5, 5.41) is 2.89. The van der Waals surface area contributed by atoms with Crippen LogP contribution in [-0.4, -0.2) is 45.5 Å². The van der Waals surface area contributed by atoms with Crippen LogP contribution in [-0.2, 0) is 14.8 Å². The summed E-state index contributed by atoms with van der Waals surface area (Å²) in [7, 11) is -3.46. The van der Waals surface area contributed by atoms with Crippen molar-refractivity contribution in [3.05, 3.63) is 54.1 Å². The Kier molecular flexibility index (Phi) is 6.51. The summed E-state index contributed by atoms with van der Waals surface area (Å²) >= 11 is 1.66. The number of benzene rings is 2. The van der Waals surface area contributed by atoms with E-state index in [0.29, 0.717) is 24.4 Å². The van der Waals surface area contributed by atoms with Gasteiger partial charge in [0, 0.05) is 30.2 Å². The number of amides is 1. The van der Waals surface area contributed by atoms with Crippen LogP contribution >= 0.6 is 11.8 Å². The van der Waals surface area contributed by atoms with E-state index < -0.39 is 16.1 Å². The van der Waals surface area contributed by atoms with E-state index in [2.05, 4.69) is 5.32 Å². The van der Waals surface area contributed by atoms with Crippen LogP contribution in [0.2, 0.25) is 0 Å². The molecule has 2 aromatic rings. The van der Waals surface area contributed by atoms with Crippen molar-refractivity contribution in [3.8, 4) is 5.75 Å². The van der Waals surface area contributed by atoms with Gasteiger partial charge >= 0.3 is 0 Å². The first-order valence-corrected chi connectivity index (χ1v) is 11.9. The summed E-state index contributed by atoms with van der Waals surface area (Å²) in [6, 6.07) is 15.3. The molecule has 1 heterocycles. The second-order valence-electron chi connectivity index (χ2n) is 6.65. The minimum Gasteiger partial charge on any atom is -0.478 e. The van der Waals surface area contributed by atoms with Gasteiger partial charge in [0.2, 0.25) is 10.0 Å². The molecule has 0 bridgehead atoms. The van der Waals surface area contributed by atoms with E-state index in [1.54, 1.807) is 23.9 Å². The third-order valence-corrected chi connectivity index (χ3v) is 6.55. The molecule has 28 heavy (non-hydrogen) atoms. The zero-order valence-electron chi connectivity index (χ0n) is 15.9. The number of aryl methyl sites for hydroxylation is 1. The summed E-state index contributed by atoms with van der Waals surface area (Å²) in [6.45, 7) is 2.60. The molecule has 3 rings (SSSR count). The van der Waals surface area contributed by atoms with Crippen molar-refractivity contribution in [2.24, 2.45) is 0 Å². The van der Waals surface area contributed by atoms with Crippen LogP contribution < -0.4 is 14.4 Å². The van der Waals surface area contributed by atoms with Crippen molar-refractivity contribution in [3.63, 3.8) is 0 Å². The topological polar surface area (TPSA) is 75.7 Å². The van der Waals surface area contributed by atoms with Crippen LogP contribution in [0.4, 0.5) is 5.69 Å². The molecule has 1 aliphatic heterocycles. The Bertz CT molecular complexity index is 932. The summed E-state index contributed by atoms with van der Waals surface area (Å²) in [4.78, 5) is 13.7. The van der Waals surface area contributed by atoms with Crippen LogP contribution in [0.1, 0.15) is 12.0 Å². The number of hydrogen-bond donors (Lipinski definition) is 1. The number of nitrogens with one attached hydrogen (secondary N) is 1. The number of fused-ring (bicyclic) bond motifs is 1. The largest absolute Gasteiger partial charge is 0.478 e. The molecule has 0 saturated heterocycles. The number of carbonyl (C=O) groups is 1. The highest BCUT2D eigenvalue weighted by atomic mass is 32.2. The molecule has 0 aromatic heterocycles. The van der Waals surface area contributed by atoms with Crippen molar-refractivity contribution in [2.75, 3.05) is 29.4 Å². The molecular weight excluding hydrogens is 396 g/mol. The maximum absolute atomic E-state index is 12.6. The maximum atomic E-state index is 12.6. The van der Waals surface area contributed by atoms with Crippen LogP contribution in [0.3, 0.4) is 0 Å². The van der Waals surface area contributed by atoms with Gasteiger partial charge in [-0.2, -0.15) is 0 Å². The first kappa shape index (κ1) is 20.5. The lowest BCUT2D eigenvalue weighted by molar-refractivity contribution is -0.127. The number of rotatable bonds is 6. The highest BCUT2D eigenvalue weighted by Gasteiger charge is 2.31. The van der Waals surface area contributed by atoms with Gasteiger partial charge in [0.05, 0.1) is 11.9 Å². The average molecular weight is 421 g/mol. The smallest absolute Gasteiger partial charge is 0.261 e. The van der Waals surface area contributed by atoms with Gasteiger partial charge in [-0.15, -0.1) is 11.8 Å². The fourth-order valence-electron chi connectivity index (χ4n) is 2.99. The van der Waals surface area contributed by atoms with E-state index in [-0.39, 0.29) is 12.5 Å². The third-order valence-electron chi connectivity index (χ3n) is 4.35. The highest BCUT2D eigenvalue weighted by molar-refractivity contribution is 7.99. The van der Waals surface area contributed by atoms with E-state index in [1.807, 2.05) is 43.3 Å². The zero-order valence-corrected chi connectivity index (χ0v) is 17.6.